The van der Waals surface area contributed by atoms with E-state index in [4.69, 9.17) is 26.5 Å². The van der Waals surface area contributed by atoms with Gasteiger partial charge in [-0.05, 0) is 60.1 Å². The SMILES string of the molecule is COc1ccc(-c2cccc3[cH-]c(CC(C)C)cc23)cc1.COc1ccc(-c2cccc3[cH-]c(CC(C)C)cc23)cc1.C[Si]C.[Cl][Zr+2][Cl]. The summed E-state index contributed by atoms with van der Waals surface area (Å²) in [5, 5.41) is 5.36. The third kappa shape index (κ3) is 11.8. The van der Waals surface area contributed by atoms with Crippen LogP contribution in [-0.4, -0.2) is 23.7 Å². The minimum atomic E-state index is -0.826. The third-order valence-corrected chi connectivity index (χ3v) is 7.71. The molecule has 0 atom stereocenters. The van der Waals surface area contributed by atoms with E-state index in [9.17, 15) is 0 Å². The summed E-state index contributed by atoms with van der Waals surface area (Å²) in [5.41, 5.74) is 7.93. The molecule has 0 aliphatic rings. The molecule has 0 heterocycles. The van der Waals surface area contributed by atoms with Gasteiger partial charge in [-0.15, -0.1) is 69.1 Å². The van der Waals surface area contributed by atoms with Crippen LogP contribution in [0.15, 0.2) is 109 Å². The Morgan fingerprint density at radius 2 is 0.938 bits per heavy atom. The Balaban J connectivity index is 0.000000224. The molecule has 6 aromatic rings. The molecule has 6 heteroatoms. The Morgan fingerprint density at radius 3 is 1.23 bits per heavy atom. The fourth-order valence-corrected chi connectivity index (χ4v) is 5.82. The first-order valence-electron chi connectivity index (χ1n) is 16.4. The van der Waals surface area contributed by atoms with Gasteiger partial charge in [-0.1, -0.05) is 88.3 Å². The normalized spacial score (nSPS) is 10.4. The fourth-order valence-electron chi connectivity index (χ4n) is 5.82. The molecular formula is C42H48Cl2O2SiZr. The van der Waals surface area contributed by atoms with E-state index < -0.39 is 20.8 Å². The molecule has 0 aromatic heterocycles. The molecule has 0 saturated heterocycles. The standard InChI is InChI=1S/2C20H21O.C2H6Si.2ClH.Zr/c2*1-14(2)11-15-12-17-5-4-6-19(20(17)13-15)16-7-9-18(21-3)10-8-16;1-3-2;;;/h2*4-10,12-14H,11H2,1-3H3;1-2H3;2*1H;/q2*-1;;;;+4/p-2. The predicted molar refractivity (Wildman–Crippen MR) is 209 cm³/mol. The summed E-state index contributed by atoms with van der Waals surface area (Å²) in [6.45, 7) is 13.4. The Bertz CT molecular complexity index is 1650. The molecule has 0 aliphatic heterocycles. The number of ether oxygens (including phenoxy) is 2. The van der Waals surface area contributed by atoms with E-state index >= 15 is 0 Å². The number of methoxy groups -OCH3 is 2. The summed E-state index contributed by atoms with van der Waals surface area (Å²) in [7, 11) is 14.4. The topological polar surface area (TPSA) is 18.5 Å². The Labute approximate surface area is 310 Å². The summed E-state index contributed by atoms with van der Waals surface area (Å²) in [6.07, 6.45) is 2.27. The van der Waals surface area contributed by atoms with Crippen LogP contribution >= 0.6 is 17.0 Å². The van der Waals surface area contributed by atoms with Gasteiger partial charge < -0.3 is 9.47 Å². The molecule has 0 amide bonds. The van der Waals surface area contributed by atoms with Crippen LogP contribution < -0.4 is 9.47 Å². The van der Waals surface area contributed by atoms with E-state index in [1.54, 1.807) is 14.2 Å². The fraction of sp³-hybridized carbons (Fsp3) is 0.286. The van der Waals surface area contributed by atoms with E-state index in [0.29, 0.717) is 11.8 Å². The van der Waals surface area contributed by atoms with Gasteiger partial charge in [0.25, 0.3) is 0 Å². The van der Waals surface area contributed by atoms with Gasteiger partial charge in [0, 0.05) is 9.52 Å². The number of fused-ring (bicyclic) bond motifs is 2. The van der Waals surface area contributed by atoms with E-state index in [-0.39, 0.29) is 0 Å². The zero-order valence-corrected chi connectivity index (χ0v) is 34.5. The van der Waals surface area contributed by atoms with Gasteiger partial charge in [-0.2, -0.15) is 12.1 Å². The second-order valence-electron chi connectivity index (χ2n) is 12.6. The quantitative estimate of drug-likeness (QED) is 0.113. The van der Waals surface area contributed by atoms with Crippen LogP contribution in [0.3, 0.4) is 0 Å². The van der Waals surface area contributed by atoms with Crippen LogP contribution in [0.2, 0.25) is 13.1 Å². The van der Waals surface area contributed by atoms with Crippen molar-refractivity contribution in [2.24, 2.45) is 11.8 Å². The van der Waals surface area contributed by atoms with Crippen molar-refractivity contribution < 1.29 is 30.3 Å². The van der Waals surface area contributed by atoms with Crippen LogP contribution in [-0.2, 0) is 33.7 Å². The first-order chi connectivity index (χ1) is 23.2. The zero-order chi connectivity index (χ0) is 35.1. The first kappa shape index (κ1) is 39.8. The molecule has 0 unspecified atom stereocenters. The summed E-state index contributed by atoms with van der Waals surface area (Å²) in [6, 6.07) is 39.0. The molecule has 48 heavy (non-hydrogen) atoms. The maximum absolute atomic E-state index is 5.24. The van der Waals surface area contributed by atoms with Gasteiger partial charge in [0.05, 0.1) is 14.2 Å². The van der Waals surface area contributed by atoms with Gasteiger partial charge in [0.1, 0.15) is 11.5 Å². The summed E-state index contributed by atoms with van der Waals surface area (Å²) in [5.74, 6) is 3.17. The number of benzene rings is 4. The van der Waals surface area contributed by atoms with Crippen molar-refractivity contribution >= 4 is 48.1 Å². The molecule has 0 bridgehead atoms. The molecule has 0 saturated carbocycles. The average molecular weight is 775 g/mol. The number of hydrogen-bond donors (Lipinski definition) is 0. The van der Waals surface area contributed by atoms with Gasteiger partial charge in [-0.3, -0.25) is 0 Å². The number of halogens is 2. The monoisotopic (exact) mass is 772 g/mol. The van der Waals surface area contributed by atoms with E-state index in [1.165, 1.54) is 54.9 Å². The first-order valence-corrected chi connectivity index (χ1v) is 24.7. The van der Waals surface area contributed by atoms with Crippen molar-refractivity contribution in [2.75, 3.05) is 14.2 Å². The van der Waals surface area contributed by atoms with Crippen LogP contribution in [0, 0.1) is 11.8 Å². The molecule has 0 fully saturated rings. The van der Waals surface area contributed by atoms with Gasteiger partial charge in [-0.25, -0.2) is 0 Å². The average Bonchev–Trinajstić information content (AvgIpc) is 3.68. The van der Waals surface area contributed by atoms with Crippen molar-refractivity contribution in [1.29, 1.82) is 0 Å². The molecule has 0 spiro atoms. The van der Waals surface area contributed by atoms with Gasteiger partial charge in [0.15, 0.2) is 0 Å². The summed E-state index contributed by atoms with van der Waals surface area (Å²) < 4.78 is 10.5. The maximum atomic E-state index is 5.24. The van der Waals surface area contributed by atoms with E-state index in [2.05, 4.69) is 126 Å². The molecular weight excluding hydrogens is 727 g/mol. The molecule has 0 aliphatic carbocycles. The van der Waals surface area contributed by atoms with E-state index in [1.807, 2.05) is 24.3 Å². The van der Waals surface area contributed by atoms with Crippen molar-refractivity contribution in [1.82, 2.24) is 0 Å². The minimum absolute atomic E-state index is 0.686. The third-order valence-electron chi connectivity index (χ3n) is 7.71. The Morgan fingerprint density at radius 1 is 0.604 bits per heavy atom. The van der Waals surface area contributed by atoms with Crippen molar-refractivity contribution in [3.05, 3.63) is 120 Å². The number of hydrogen-bond acceptors (Lipinski definition) is 2. The summed E-state index contributed by atoms with van der Waals surface area (Å²) in [4.78, 5) is 0. The predicted octanol–water partition coefficient (Wildman–Crippen LogP) is 13.0. The molecule has 0 N–H and O–H groups in total. The van der Waals surface area contributed by atoms with Crippen molar-refractivity contribution in [2.45, 2.75) is 53.6 Å². The summed E-state index contributed by atoms with van der Waals surface area (Å²) >= 11 is -0.826. The van der Waals surface area contributed by atoms with Gasteiger partial charge >= 0.3 is 37.9 Å². The van der Waals surface area contributed by atoms with Crippen LogP contribution in [0.4, 0.5) is 0 Å². The number of rotatable bonds is 8. The van der Waals surface area contributed by atoms with Crippen molar-refractivity contribution in [3.63, 3.8) is 0 Å². The molecule has 2 radical (unpaired) electrons. The second kappa shape index (κ2) is 20.8. The molecule has 250 valence electrons. The van der Waals surface area contributed by atoms with Crippen molar-refractivity contribution in [3.8, 4) is 33.8 Å². The van der Waals surface area contributed by atoms with Crippen LogP contribution in [0.25, 0.3) is 43.8 Å². The van der Waals surface area contributed by atoms with Crippen LogP contribution in [0.1, 0.15) is 38.8 Å². The van der Waals surface area contributed by atoms with E-state index in [0.717, 1.165) is 33.9 Å². The molecule has 6 rings (SSSR count). The Hall–Kier alpha value is -2.62. The molecule has 2 nitrogen and oxygen atoms in total. The zero-order valence-electron chi connectivity index (χ0n) is 29.5. The second-order valence-corrected chi connectivity index (χ2v) is 17.3. The van der Waals surface area contributed by atoms with Gasteiger partial charge in [0.2, 0.25) is 0 Å². The Kier molecular flexibility index (Phi) is 17.2. The molecule has 6 aromatic carbocycles. The van der Waals surface area contributed by atoms with Crippen LogP contribution in [0.5, 0.6) is 11.5 Å².